The molecule has 21 heavy (non-hydrogen) atoms. The van der Waals surface area contributed by atoms with Gasteiger partial charge in [0.2, 0.25) is 5.91 Å². The summed E-state index contributed by atoms with van der Waals surface area (Å²) in [6.07, 6.45) is 8.24. The zero-order valence-electron chi connectivity index (χ0n) is 11.2. The molecule has 1 saturated heterocycles. The normalized spacial score (nSPS) is 18.6. The highest BCUT2D eigenvalue weighted by molar-refractivity contribution is 9.10. The Kier molecular flexibility index (Phi) is 4.10. The third-order valence-corrected chi connectivity index (χ3v) is 3.96. The molecule has 1 amide bonds. The van der Waals surface area contributed by atoms with E-state index in [1.807, 2.05) is 12.1 Å². The third-order valence-electron chi connectivity index (χ3n) is 3.37. The van der Waals surface area contributed by atoms with Crippen molar-refractivity contribution in [2.75, 3.05) is 16.8 Å². The molecule has 0 spiro atoms. The summed E-state index contributed by atoms with van der Waals surface area (Å²) < 4.78 is 0.747. The van der Waals surface area contributed by atoms with Crippen LogP contribution >= 0.6 is 15.9 Å². The monoisotopic (exact) mass is 347 g/mol. The number of rotatable bonds is 3. The van der Waals surface area contributed by atoms with Crippen LogP contribution < -0.4 is 10.2 Å². The van der Waals surface area contributed by atoms with Crippen LogP contribution in [-0.2, 0) is 4.79 Å². The van der Waals surface area contributed by atoms with Crippen molar-refractivity contribution in [2.24, 2.45) is 0 Å². The van der Waals surface area contributed by atoms with Gasteiger partial charge in [0.05, 0.1) is 16.4 Å². The van der Waals surface area contributed by atoms with Crippen LogP contribution in [0.2, 0.25) is 0 Å². The minimum absolute atomic E-state index is 0.0414. The predicted molar refractivity (Wildman–Crippen MR) is 83.0 cm³/mol. The van der Waals surface area contributed by atoms with E-state index in [1.54, 1.807) is 23.5 Å². The number of amides is 1. The zero-order chi connectivity index (χ0) is 14.7. The molecule has 0 aromatic carbocycles. The van der Waals surface area contributed by atoms with Crippen LogP contribution in [0.25, 0.3) is 0 Å². The molecule has 6 nitrogen and oxygen atoms in total. The third kappa shape index (κ3) is 3.02. The molecule has 1 atom stereocenters. The van der Waals surface area contributed by atoms with E-state index >= 15 is 0 Å². The standard InChI is InChI=1S/C14H14BrN5O/c15-11-8-17-9-18-13(11)19-12-4-2-6-20(14(12)21)10-3-1-5-16-7-10/h1,3,5,7-9,12H,2,4,6H2,(H,17,18,19)/t12-/m1/s1. The summed E-state index contributed by atoms with van der Waals surface area (Å²) in [5, 5.41) is 3.19. The number of hydrogen-bond acceptors (Lipinski definition) is 5. The van der Waals surface area contributed by atoms with E-state index in [1.165, 1.54) is 6.33 Å². The summed E-state index contributed by atoms with van der Waals surface area (Å²) >= 11 is 3.38. The highest BCUT2D eigenvalue weighted by Gasteiger charge is 2.30. The highest BCUT2D eigenvalue weighted by atomic mass is 79.9. The van der Waals surface area contributed by atoms with Gasteiger partial charge < -0.3 is 10.2 Å². The van der Waals surface area contributed by atoms with Crippen LogP contribution in [0.15, 0.2) is 41.5 Å². The van der Waals surface area contributed by atoms with E-state index in [0.29, 0.717) is 12.4 Å². The van der Waals surface area contributed by atoms with Crippen molar-refractivity contribution in [1.82, 2.24) is 15.0 Å². The Morgan fingerprint density at radius 1 is 1.33 bits per heavy atom. The first-order valence-corrected chi connectivity index (χ1v) is 7.48. The summed E-state index contributed by atoms with van der Waals surface area (Å²) in [6, 6.07) is 3.44. The van der Waals surface area contributed by atoms with Crippen LogP contribution in [0.3, 0.4) is 0 Å². The van der Waals surface area contributed by atoms with E-state index in [4.69, 9.17) is 0 Å². The number of pyridine rings is 1. The van der Waals surface area contributed by atoms with Crippen molar-refractivity contribution >= 4 is 33.3 Å². The molecule has 1 fully saturated rings. The fraction of sp³-hybridized carbons (Fsp3) is 0.286. The van der Waals surface area contributed by atoms with Crippen LogP contribution in [0.4, 0.5) is 11.5 Å². The lowest BCUT2D eigenvalue weighted by atomic mass is 10.0. The second kappa shape index (κ2) is 6.17. The fourth-order valence-corrected chi connectivity index (χ4v) is 2.70. The molecule has 0 unspecified atom stereocenters. The van der Waals surface area contributed by atoms with Gasteiger partial charge in [-0.3, -0.25) is 9.78 Å². The maximum absolute atomic E-state index is 12.6. The Hall–Kier alpha value is -2.02. The average Bonchev–Trinajstić information content (AvgIpc) is 2.52. The topological polar surface area (TPSA) is 71.0 Å². The molecule has 1 aliphatic rings. The lowest BCUT2D eigenvalue weighted by Crippen LogP contribution is -2.48. The number of nitrogens with one attached hydrogen (secondary N) is 1. The Morgan fingerprint density at radius 2 is 2.24 bits per heavy atom. The number of piperidine rings is 1. The number of nitrogens with zero attached hydrogens (tertiary/aromatic N) is 4. The number of halogens is 1. The van der Waals surface area contributed by atoms with E-state index < -0.39 is 0 Å². The quantitative estimate of drug-likeness (QED) is 0.921. The lowest BCUT2D eigenvalue weighted by molar-refractivity contribution is -0.120. The maximum Gasteiger partial charge on any atom is 0.249 e. The van der Waals surface area contributed by atoms with Crippen LogP contribution in [0.1, 0.15) is 12.8 Å². The van der Waals surface area contributed by atoms with Gasteiger partial charge in [0.1, 0.15) is 18.2 Å². The first-order valence-electron chi connectivity index (χ1n) is 6.69. The van der Waals surface area contributed by atoms with E-state index in [2.05, 4.69) is 36.2 Å². The maximum atomic E-state index is 12.6. The largest absolute Gasteiger partial charge is 0.357 e. The van der Waals surface area contributed by atoms with Gasteiger partial charge in [0.15, 0.2) is 0 Å². The van der Waals surface area contributed by atoms with Gasteiger partial charge >= 0.3 is 0 Å². The molecule has 3 rings (SSSR count). The van der Waals surface area contributed by atoms with Crippen LogP contribution in [-0.4, -0.2) is 33.4 Å². The van der Waals surface area contributed by atoms with Crippen LogP contribution in [0.5, 0.6) is 0 Å². The average molecular weight is 348 g/mol. The summed E-state index contributed by atoms with van der Waals surface area (Å²) in [5.74, 6) is 0.677. The van der Waals surface area contributed by atoms with Crippen molar-refractivity contribution in [2.45, 2.75) is 18.9 Å². The SMILES string of the molecule is O=C1[C@H](Nc2ncncc2Br)CCCN1c1cccnc1. The Balaban J connectivity index is 1.78. The first kappa shape index (κ1) is 13.9. The van der Waals surface area contributed by atoms with Crippen molar-refractivity contribution < 1.29 is 4.79 Å². The predicted octanol–water partition coefficient (Wildman–Crippen LogP) is 2.24. The van der Waals surface area contributed by atoms with Gasteiger partial charge in [-0.05, 0) is 40.9 Å². The molecule has 2 aromatic rings. The van der Waals surface area contributed by atoms with E-state index in [0.717, 1.165) is 23.0 Å². The summed E-state index contributed by atoms with van der Waals surface area (Å²) in [4.78, 5) is 26.5. The zero-order valence-corrected chi connectivity index (χ0v) is 12.8. The van der Waals surface area contributed by atoms with E-state index in [-0.39, 0.29) is 11.9 Å². The second-order valence-electron chi connectivity index (χ2n) is 4.76. The first-order chi connectivity index (χ1) is 10.3. The Morgan fingerprint density at radius 3 is 3.00 bits per heavy atom. The number of aromatic nitrogens is 3. The summed E-state index contributed by atoms with van der Waals surface area (Å²) in [6.45, 7) is 0.716. The number of hydrogen-bond donors (Lipinski definition) is 1. The number of carbonyl (C=O) groups excluding carboxylic acids is 1. The molecule has 2 aromatic heterocycles. The fourth-order valence-electron chi connectivity index (χ4n) is 2.36. The molecule has 0 aliphatic carbocycles. The van der Waals surface area contributed by atoms with Gasteiger partial charge in [0.25, 0.3) is 0 Å². The molecule has 108 valence electrons. The number of carbonyl (C=O) groups is 1. The second-order valence-corrected chi connectivity index (χ2v) is 5.61. The molecule has 1 aliphatic heterocycles. The van der Waals surface area contributed by atoms with E-state index in [9.17, 15) is 4.79 Å². The lowest BCUT2D eigenvalue weighted by Gasteiger charge is -2.32. The van der Waals surface area contributed by atoms with Gasteiger partial charge in [0, 0.05) is 18.9 Å². The van der Waals surface area contributed by atoms with Crippen molar-refractivity contribution in [1.29, 1.82) is 0 Å². The van der Waals surface area contributed by atoms with Gasteiger partial charge in [-0.15, -0.1) is 0 Å². The van der Waals surface area contributed by atoms with Gasteiger partial charge in [-0.1, -0.05) is 0 Å². The number of anilines is 2. The van der Waals surface area contributed by atoms with Gasteiger partial charge in [-0.25, -0.2) is 9.97 Å². The minimum Gasteiger partial charge on any atom is -0.357 e. The van der Waals surface area contributed by atoms with Gasteiger partial charge in [-0.2, -0.15) is 0 Å². The molecule has 7 heteroatoms. The summed E-state index contributed by atoms with van der Waals surface area (Å²) in [7, 11) is 0. The van der Waals surface area contributed by atoms with Crippen molar-refractivity contribution in [3.63, 3.8) is 0 Å². The molecular formula is C14H14BrN5O. The molecule has 0 bridgehead atoms. The Bertz CT molecular complexity index is 636. The summed E-state index contributed by atoms with van der Waals surface area (Å²) in [5.41, 5.74) is 0.829. The molecule has 1 N–H and O–H groups in total. The smallest absolute Gasteiger partial charge is 0.249 e. The minimum atomic E-state index is -0.287. The highest BCUT2D eigenvalue weighted by Crippen LogP contribution is 2.24. The molecule has 0 saturated carbocycles. The molecular weight excluding hydrogens is 334 g/mol. The van der Waals surface area contributed by atoms with Crippen LogP contribution in [0, 0.1) is 0 Å². The molecule has 3 heterocycles. The Labute approximate surface area is 130 Å². The van der Waals surface area contributed by atoms with Crippen molar-refractivity contribution in [3.05, 3.63) is 41.5 Å². The molecule has 0 radical (unpaired) electrons. The van der Waals surface area contributed by atoms with Crippen molar-refractivity contribution in [3.8, 4) is 0 Å².